The van der Waals surface area contributed by atoms with Crippen molar-refractivity contribution in [1.82, 2.24) is 4.31 Å². The molecule has 1 heterocycles. The number of para-hydroxylation sites is 1. The van der Waals surface area contributed by atoms with Crippen molar-refractivity contribution in [2.45, 2.75) is 17.7 Å². The molecule has 1 fully saturated rings. The third-order valence-electron chi connectivity index (χ3n) is 6.88. The SMILES string of the molecule is CN(c1ccccc1C(=O)Nc1ccc(S(=O)(=O)N2CCN(c3cccc(CCC(=O)O)c3)CC2)cc1)S(C)(=O)=O. The van der Waals surface area contributed by atoms with Gasteiger partial charge in [0, 0.05) is 51.0 Å². The van der Waals surface area contributed by atoms with Gasteiger partial charge in [-0.05, 0) is 60.5 Å². The van der Waals surface area contributed by atoms with Crippen LogP contribution in [0, 0.1) is 0 Å². The van der Waals surface area contributed by atoms with Crippen LogP contribution in [0.3, 0.4) is 0 Å². The molecule has 1 aliphatic rings. The molecule has 218 valence electrons. The minimum Gasteiger partial charge on any atom is -0.481 e. The fourth-order valence-corrected chi connectivity index (χ4v) is 6.46. The first-order chi connectivity index (χ1) is 19.4. The van der Waals surface area contributed by atoms with Crippen molar-refractivity contribution in [3.63, 3.8) is 0 Å². The van der Waals surface area contributed by atoms with Crippen LogP contribution in [0.1, 0.15) is 22.3 Å². The van der Waals surface area contributed by atoms with E-state index in [4.69, 9.17) is 5.11 Å². The maximum absolute atomic E-state index is 13.3. The fourth-order valence-electron chi connectivity index (χ4n) is 4.52. The molecule has 2 N–H and O–H groups in total. The molecule has 1 aliphatic heterocycles. The second kappa shape index (κ2) is 12.3. The summed E-state index contributed by atoms with van der Waals surface area (Å²) in [4.78, 5) is 26.0. The van der Waals surface area contributed by atoms with Crippen molar-refractivity contribution in [3.05, 3.63) is 83.9 Å². The lowest BCUT2D eigenvalue weighted by Gasteiger charge is -2.35. The van der Waals surface area contributed by atoms with Crippen molar-refractivity contribution in [3.8, 4) is 0 Å². The smallest absolute Gasteiger partial charge is 0.303 e. The summed E-state index contributed by atoms with van der Waals surface area (Å²) < 4.78 is 53.0. The van der Waals surface area contributed by atoms with Gasteiger partial charge in [0.1, 0.15) is 0 Å². The Bertz CT molecular complexity index is 1630. The molecule has 0 spiro atoms. The van der Waals surface area contributed by atoms with Crippen LogP contribution >= 0.6 is 0 Å². The molecule has 0 atom stereocenters. The van der Waals surface area contributed by atoms with E-state index in [9.17, 15) is 26.4 Å². The standard InChI is InChI=1S/C28H32N4O7S2/c1-30(40(2,36)37)26-9-4-3-8-25(26)28(35)29-22-11-13-24(14-12-22)41(38,39)32-18-16-31(17-19-32)23-7-5-6-21(20-23)10-15-27(33)34/h3-9,11-14,20H,10,15-19H2,1-2H3,(H,29,35)(H,33,34). The highest BCUT2D eigenvalue weighted by Crippen LogP contribution is 2.25. The molecule has 1 saturated heterocycles. The highest BCUT2D eigenvalue weighted by atomic mass is 32.2. The van der Waals surface area contributed by atoms with E-state index in [-0.39, 0.29) is 35.7 Å². The number of nitrogens with one attached hydrogen (secondary N) is 1. The van der Waals surface area contributed by atoms with Crippen molar-refractivity contribution < 1.29 is 31.5 Å². The van der Waals surface area contributed by atoms with Gasteiger partial charge in [0.25, 0.3) is 5.91 Å². The van der Waals surface area contributed by atoms with Crippen molar-refractivity contribution in [2.24, 2.45) is 0 Å². The second-order valence-electron chi connectivity index (χ2n) is 9.68. The number of piperazine rings is 1. The van der Waals surface area contributed by atoms with Crippen LogP contribution in [0.2, 0.25) is 0 Å². The summed E-state index contributed by atoms with van der Waals surface area (Å²) in [5, 5.41) is 11.6. The number of hydrogen-bond acceptors (Lipinski definition) is 7. The number of sulfonamides is 2. The predicted octanol–water partition coefficient (Wildman–Crippen LogP) is 2.86. The van der Waals surface area contributed by atoms with Crippen LogP contribution < -0.4 is 14.5 Å². The minimum absolute atomic E-state index is 0.0474. The lowest BCUT2D eigenvalue weighted by Crippen LogP contribution is -2.48. The lowest BCUT2D eigenvalue weighted by atomic mass is 10.1. The summed E-state index contributed by atoms with van der Waals surface area (Å²) in [7, 11) is -5.99. The first-order valence-corrected chi connectivity index (χ1v) is 16.2. The molecule has 11 nitrogen and oxygen atoms in total. The number of amides is 1. The molecular formula is C28H32N4O7S2. The van der Waals surface area contributed by atoms with E-state index >= 15 is 0 Å². The molecule has 0 saturated carbocycles. The number of aliphatic carboxylic acids is 1. The number of hydrogen-bond donors (Lipinski definition) is 2. The number of rotatable bonds is 10. The Kier molecular flexibility index (Phi) is 9.00. The van der Waals surface area contributed by atoms with Gasteiger partial charge in [0.2, 0.25) is 20.0 Å². The quantitative estimate of drug-likeness (QED) is 0.362. The van der Waals surface area contributed by atoms with E-state index < -0.39 is 31.9 Å². The summed E-state index contributed by atoms with van der Waals surface area (Å²) >= 11 is 0. The van der Waals surface area contributed by atoms with Crippen LogP contribution in [0.15, 0.2) is 77.7 Å². The summed E-state index contributed by atoms with van der Waals surface area (Å²) in [5.41, 5.74) is 2.57. The molecular weight excluding hydrogens is 568 g/mol. The summed E-state index contributed by atoms with van der Waals surface area (Å²) in [6.07, 6.45) is 1.52. The van der Waals surface area contributed by atoms with E-state index in [2.05, 4.69) is 10.2 Å². The molecule has 4 rings (SSSR count). The van der Waals surface area contributed by atoms with Crippen LogP contribution in [0.25, 0.3) is 0 Å². The van der Waals surface area contributed by atoms with Crippen LogP contribution in [-0.2, 0) is 31.3 Å². The molecule has 41 heavy (non-hydrogen) atoms. The molecule has 13 heteroatoms. The molecule has 0 aromatic heterocycles. The highest BCUT2D eigenvalue weighted by molar-refractivity contribution is 7.92. The van der Waals surface area contributed by atoms with Gasteiger partial charge in [-0.3, -0.25) is 13.9 Å². The number of nitrogens with zero attached hydrogens (tertiary/aromatic N) is 3. The Hall–Kier alpha value is -3.94. The second-order valence-corrected chi connectivity index (χ2v) is 13.6. The van der Waals surface area contributed by atoms with Gasteiger partial charge in [-0.25, -0.2) is 16.8 Å². The Morgan fingerprint density at radius 2 is 1.56 bits per heavy atom. The van der Waals surface area contributed by atoms with Gasteiger partial charge in [-0.1, -0.05) is 24.3 Å². The number of benzene rings is 3. The average Bonchev–Trinajstić information content (AvgIpc) is 2.95. The maximum Gasteiger partial charge on any atom is 0.303 e. The van der Waals surface area contributed by atoms with E-state index in [1.807, 2.05) is 24.3 Å². The van der Waals surface area contributed by atoms with Gasteiger partial charge in [0.15, 0.2) is 0 Å². The normalized spacial score (nSPS) is 14.4. The van der Waals surface area contributed by atoms with E-state index in [1.54, 1.807) is 12.1 Å². The Morgan fingerprint density at radius 1 is 0.902 bits per heavy atom. The number of carbonyl (C=O) groups excluding carboxylic acids is 1. The molecule has 0 radical (unpaired) electrons. The summed E-state index contributed by atoms with van der Waals surface area (Å²) in [6, 6.07) is 19.8. The fraction of sp³-hybridized carbons (Fsp3) is 0.286. The average molecular weight is 601 g/mol. The van der Waals surface area contributed by atoms with Gasteiger partial charge < -0.3 is 15.3 Å². The zero-order valence-electron chi connectivity index (χ0n) is 22.7. The third kappa shape index (κ3) is 7.23. The van der Waals surface area contributed by atoms with Crippen molar-refractivity contribution in [2.75, 3.05) is 54.0 Å². The zero-order chi connectivity index (χ0) is 29.8. The van der Waals surface area contributed by atoms with Gasteiger partial charge in [-0.15, -0.1) is 0 Å². The predicted molar refractivity (Wildman–Crippen MR) is 157 cm³/mol. The maximum atomic E-state index is 13.3. The molecule has 0 aliphatic carbocycles. The number of carboxylic acid groups (broad SMARTS) is 1. The van der Waals surface area contributed by atoms with Crippen molar-refractivity contribution in [1.29, 1.82) is 0 Å². The van der Waals surface area contributed by atoms with Crippen LogP contribution in [0.4, 0.5) is 17.1 Å². The Labute approximate surface area is 240 Å². The molecule has 0 bridgehead atoms. The Balaban J connectivity index is 1.40. The van der Waals surface area contributed by atoms with Gasteiger partial charge in [0.05, 0.1) is 22.4 Å². The zero-order valence-corrected chi connectivity index (χ0v) is 24.4. The lowest BCUT2D eigenvalue weighted by molar-refractivity contribution is -0.136. The van der Waals surface area contributed by atoms with E-state index in [1.165, 1.54) is 47.8 Å². The van der Waals surface area contributed by atoms with Crippen LogP contribution in [0.5, 0.6) is 0 Å². The first-order valence-electron chi connectivity index (χ1n) is 12.9. The van der Waals surface area contributed by atoms with Gasteiger partial charge in [-0.2, -0.15) is 4.31 Å². The number of carbonyl (C=O) groups is 2. The monoisotopic (exact) mass is 600 g/mol. The molecule has 3 aromatic rings. The Morgan fingerprint density at radius 3 is 2.20 bits per heavy atom. The van der Waals surface area contributed by atoms with Crippen LogP contribution in [-0.4, -0.2) is 77.6 Å². The number of carboxylic acids is 1. The third-order valence-corrected chi connectivity index (χ3v) is 9.98. The summed E-state index contributed by atoms with van der Waals surface area (Å²) in [6.45, 7) is 1.53. The highest BCUT2D eigenvalue weighted by Gasteiger charge is 2.29. The topological polar surface area (TPSA) is 144 Å². The molecule has 1 amide bonds. The van der Waals surface area contributed by atoms with Gasteiger partial charge >= 0.3 is 5.97 Å². The molecule has 3 aromatic carbocycles. The molecule has 0 unspecified atom stereocenters. The van der Waals surface area contributed by atoms with E-state index in [0.29, 0.717) is 25.2 Å². The van der Waals surface area contributed by atoms with E-state index in [0.717, 1.165) is 21.8 Å². The minimum atomic E-state index is -3.77. The largest absolute Gasteiger partial charge is 0.481 e. The number of anilines is 3. The number of aryl methyl sites for hydroxylation is 1. The van der Waals surface area contributed by atoms with Crippen molar-refractivity contribution >= 4 is 49.0 Å². The first kappa shape index (κ1) is 30.0. The summed E-state index contributed by atoms with van der Waals surface area (Å²) in [5.74, 6) is -1.39.